The molecule has 1 unspecified atom stereocenters. The molecule has 2 heteroatoms. The zero-order chi connectivity index (χ0) is 12.3. The number of nitrogens with zero attached hydrogens (tertiary/aromatic N) is 1. The standard InChI is InChI=1S/C15H30N2/c1-4-15(5-2)12-17(13(3)10-11-16-15)14-8-6-7-9-14/h13-14,16H,4-12H2,1-3H3. The summed E-state index contributed by atoms with van der Waals surface area (Å²) in [6.45, 7) is 9.60. The molecule has 0 amide bonds. The topological polar surface area (TPSA) is 15.3 Å². The Labute approximate surface area is 107 Å². The number of nitrogens with one attached hydrogen (secondary N) is 1. The second-order valence-electron chi connectivity index (χ2n) is 6.16. The second kappa shape index (κ2) is 5.71. The van der Waals surface area contributed by atoms with Crippen molar-refractivity contribution in [2.75, 3.05) is 13.1 Å². The SMILES string of the molecule is CCC1(CC)CN(C2CCCC2)C(C)CCN1. The van der Waals surface area contributed by atoms with Gasteiger partial charge in [-0.15, -0.1) is 0 Å². The van der Waals surface area contributed by atoms with Crippen LogP contribution in [0.4, 0.5) is 0 Å². The van der Waals surface area contributed by atoms with Crippen molar-refractivity contribution in [1.82, 2.24) is 10.2 Å². The Kier molecular flexibility index (Phi) is 4.48. The molecule has 1 saturated heterocycles. The predicted molar refractivity (Wildman–Crippen MR) is 74.4 cm³/mol. The van der Waals surface area contributed by atoms with Crippen LogP contribution in [-0.2, 0) is 0 Å². The summed E-state index contributed by atoms with van der Waals surface area (Å²) < 4.78 is 0. The first kappa shape index (κ1) is 13.4. The van der Waals surface area contributed by atoms with Crippen molar-refractivity contribution in [3.63, 3.8) is 0 Å². The van der Waals surface area contributed by atoms with E-state index in [0.717, 1.165) is 12.1 Å². The van der Waals surface area contributed by atoms with E-state index < -0.39 is 0 Å². The Hall–Kier alpha value is -0.0800. The molecule has 0 aromatic rings. The molecule has 100 valence electrons. The highest BCUT2D eigenvalue weighted by molar-refractivity contribution is 4.95. The zero-order valence-corrected chi connectivity index (χ0v) is 12.0. The van der Waals surface area contributed by atoms with Crippen molar-refractivity contribution in [2.24, 2.45) is 0 Å². The average molecular weight is 238 g/mol. The van der Waals surface area contributed by atoms with Gasteiger partial charge in [0, 0.05) is 24.2 Å². The minimum absolute atomic E-state index is 0.382. The lowest BCUT2D eigenvalue weighted by Crippen LogP contribution is -2.53. The number of rotatable bonds is 3. The summed E-state index contributed by atoms with van der Waals surface area (Å²) in [6, 6.07) is 1.65. The fourth-order valence-electron chi connectivity index (χ4n) is 3.72. The molecule has 1 saturated carbocycles. The van der Waals surface area contributed by atoms with E-state index in [0.29, 0.717) is 5.54 Å². The maximum Gasteiger partial charge on any atom is 0.0303 e. The minimum atomic E-state index is 0.382. The smallest absolute Gasteiger partial charge is 0.0303 e. The van der Waals surface area contributed by atoms with E-state index in [2.05, 4.69) is 31.0 Å². The number of hydrogen-bond donors (Lipinski definition) is 1. The quantitative estimate of drug-likeness (QED) is 0.812. The van der Waals surface area contributed by atoms with Gasteiger partial charge in [-0.25, -0.2) is 0 Å². The van der Waals surface area contributed by atoms with Crippen molar-refractivity contribution in [1.29, 1.82) is 0 Å². The van der Waals surface area contributed by atoms with E-state index >= 15 is 0 Å². The van der Waals surface area contributed by atoms with Crippen LogP contribution < -0.4 is 5.32 Å². The van der Waals surface area contributed by atoms with Crippen LogP contribution in [0.1, 0.15) is 65.7 Å². The highest BCUT2D eigenvalue weighted by Crippen LogP contribution is 2.30. The molecule has 0 spiro atoms. The largest absolute Gasteiger partial charge is 0.310 e. The average Bonchev–Trinajstić information content (AvgIpc) is 2.82. The lowest BCUT2D eigenvalue weighted by atomic mass is 9.91. The molecule has 0 bridgehead atoms. The van der Waals surface area contributed by atoms with E-state index in [1.165, 1.54) is 58.0 Å². The first-order chi connectivity index (χ1) is 8.21. The summed E-state index contributed by atoms with van der Waals surface area (Å²) in [7, 11) is 0. The molecule has 1 heterocycles. The summed E-state index contributed by atoms with van der Waals surface area (Å²) in [5.41, 5.74) is 0.382. The molecule has 2 aliphatic rings. The molecule has 17 heavy (non-hydrogen) atoms. The van der Waals surface area contributed by atoms with Gasteiger partial charge in [0.2, 0.25) is 0 Å². The Morgan fingerprint density at radius 1 is 1.12 bits per heavy atom. The van der Waals surface area contributed by atoms with Crippen molar-refractivity contribution in [3.05, 3.63) is 0 Å². The van der Waals surface area contributed by atoms with Crippen LogP contribution >= 0.6 is 0 Å². The van der Waals surface area contributed by atoms with Gasteiger partial charge in [0.1, 0.15) is 0 Å². The van der Waals surface area contributed by atoms with Crippen molar-refractivity contribution in [3.8, 4) is 0 Å². The number of hydrogen-bond acceptors (Lipinski definition) is 2. The van der Waals surface area contributed by atoms with Gasteiger partial charge in [-0.05, 0) is 45.6 Å². The normalized spacial score (nSPS) is 31.6. The highest BCUT2D eigenvalue weighted by atomic mass is 15.2. The Balaban J connectivity index is 2.10. The minimum Gasteiger partial charge on any atom is -0.310 e. The molecule has 1 atom stereocenters. The molecular formula is C15H30N2. The van der Waals surface area contributed by atoms with Gasteiger partial charge in [-0.3, -0.25) is 4.90 Å². The van der Waals surface area contributed by atoms with E-state index in [4.69, 9.17) is 0 Å². The van der Waals surface area contributed by atoms with Crippen LogP contribution in [-0.4, -0.2) is 35.6 Å². The van der Waals surface area contributed by atoms with Crippen LogP contribution in [0.5, 0.6) is 0 Å². The Bertz CT molecular complexity index is 229. The monoisotopic (exact) mass is 238 g/mol. The fourth-order valence-corrected chi connectivity index (χ4v) is 3.72. The molecule has 2 fully saturated rings. The van der Waals surface area contributed by atoms with Gasteiger partial charge in [-0.2, -0.15) is 0 Å². The summed E-state index contributed by atoms with van der Waals surface area (Å²) in [6.07, 6.45) is 9.62. The summed E-state index contributed by atoms with van der Waals surface area (Å²) >= 11 is 0. The summed E-state index contributed by atoms with van der Waals surface area (Å²) in [5, 5.41) is 3.84. The van der Waals surface area contributed by atoms with Crippen molar-refractivity contribution < 1.29 is 0 Å². The van der Waals surface area contributed by atoms with Gasteiger partial charge in [-0.1, -0.05) is 26.7 Å². The molecule has 0 aromatic heterocycles. The lowest BCUT2D eigenvalue weighted by molar-refractivity contribution is 0.111. The molecule has 2 nitrogen and oxygen atoms in total. The second-order valence-corrected chi connectivity index (χ2v) is 6.16. The third-order valence-electron chi connectivity index (χ3n) is 5.26. The van der Waals surface area contributed by atoms with Crippen LogP contribution in [0.3, 0.4) is 0 Å². The van der Waals surface area contributed by atoms with Gasteiger partial charge in [0.25, 0.3) is 0 Å². The van der Waals surface area contributed by atoms with Crippen LogP contribution in [0.25, 0.3) is 0 Å². The molecule has 1 aliphatic carbocycles. The molecule has 1 aliphatic heterocycles. The van der Waals surface area contributed by atoms with Gasteiger partial charge < -0.3 is 5.32 Å². The highest BCUT2D eigenvalue weighted by Gasteiger charge is 2.36. The molecule has 2 rings (SSSR count). The van der Waals surface area contributed by atoms with Gasteiger partial charge >= 0.3 is 0 Å². The fraction of sp³-hybridized carbons (Fsp3) is 1.00. The van der Waals surface area contributed by atoms with E-state index in [9.17, 15) is 0 Å². The van der Waals surface area contributed by atoms with Gasteiger partial charge in [0.05, 0.1) is 0 Å². The predicted octanol–water partition coefficient (Wildman–Crippen LogP) is 3.17. The van der Waals surface area contributed by atoms with E-state index in [1.54, 1.807) is 0 Å². The maximum atomic E-state index is 3.84. The van der Waals surface area contributed by atoms with E-state index in [1.807, 2.05) is 0 Å². The van der Waals surface area contributed by atoms with Crippen LogP contribution in [0.15, 0.2) is 0 Å². The Morgan fingerprint density at radius 3 is 2.35 bits per heavy atom. The van der Waals surface area contributed by atoms with Gasteiger partial charge in [0.15, 0.2) is 0 Å². The third-order valence-corrected chi connectivity index (χ3v) is 5.26. The van der Waals surface area contributed by atoms with Crippen molar-refractivity contribution in [2.45, 2.75) is 83.3 Å². The molecule has 0 radical (unpaired) electrons. The molecular weight excluding hydrogens is 208 g/mol. The molecule has 0 aromatic carbocycles. The van der Waals surface area contributed by atoms with E-state index in [-0.39, 0.29) is 0 Å². The first-order valence-electron chi connectivity index (χ1n) is 7.71. The summed E-state index contributed by atoms with van der Waals surface area (Å²) in [5.74, 6) is 0. The molecule has 1 N–H and O–H groups in total. The van der Waals surface area contributed by atoms with Crippen LogP contribution in [0.2, 0.25) is 0 Å². The van der Waals surface area contributed by atoms with Crippen molar-refractivity contribution >= 4 is 0 Å². The zero-order valence-electron chi connectivity index (χ0n) is 12.0. The maximum absolute atomic E-state index is 3.84. The lowest BCUT2D eigenvalue weighted by Gasteiger charge is -2.40. The van der Waals surface area contributed by atoms with Crippen LogP contribution in [0, 0.1) is 0 Å². The third kappa shape index (κ3) is 2.85. The summed E-state index contributed by atoms with van der Waals surface area (Å²) in [4.78, 5) is 2.83. The Morgan fingerprint density at radius 2 is 1.76 bits per heavy atom. The first-order valence-corrected chi connectivity index (χ1v) is 7.71.